The monoisotopic (exact) mass is 136 g/mol. The molecule has 0 aliphatic rings. The minimum Gasteiger partial charge on any atom is -0.232 e. The lowest BCUT2D eigenvalue weighted by Crippen LogP contribution is -1.99. The summed E-state index contributed by atoms with van der Waals surface area (Å²) in [7, 11) is -2.15. The van der Waals surface area contributed by atoms with Crippen LogP contribution in [0.3, 0.4) is 0 Å². The highest BCUT2D eigenvalue weighted by atomic mass is 32.2. The van der Waals surface area contributed by atoms with Crippen LogP contribution in [-0.4, -0.2) is 14.2 Å². The van der Waals surface area contributed by atoms with Gasteiger partial charge in [0.1, 0.15) is 10.7 Å². The Bertz CT molecular complexity index is 110. The molecule has 0 bridgehead atoms. The van der Waals surface area contributed by atoms with E-state index in [0.717, 1.165) is 6.42 Å². The predicted octanol–water partition coefficient (Wildman–Crippen LogP) is 0.644. The summed E-state index contributed by atoms with van der Waals surface area (Å²) in [6.07, 6.45) is 0.948. The third-order valence-electron chi connectivity index (χ3n) is 1.16. The van der Waals surface area contributed by atoms with Crippen molar-refractivity contribution in [3.05, 3.63) is 0 Å². The van der Waals surface area contributed by atoms with E-state index in [4.69, 9.17) is 0 Å². The minimum absolute atomic E-state index is 0.330. The van der Waals surface area contributed by atoms with Crippen LogP contribution in [0.4, 0.5) is 0 Å². The summed E-state index contributed by atoms with van der Waals surface area (Å²) in [5.74, 6) is 0.669. The first-order chi connectivity index (χ1) is 3.66. The van der Waals surface area contributed by atoms with Gasteiger partial charge in [0.25, 0.3) is 0 Å². The molecule has 0 aliphatic heterocycles. The standard InChI is InChI=1S/C5H12O2S/c1-3-5(2)4-8(6)7/h5,8H,3-4H2,1-2H3/t5-/m0/s1. The molecule has 0 fully saturated rings. The third kappa shape index (κ3) is 4.12. The average molecular weight is 136 g/mol. The Kier molecular flexibility index (Phi) is 3.87. The summed E-state index contributed by atoms with van der Waals surface area (Å²) in [5.41, 5.74) is 0. The van der Waals surface area contributed by atoms with E-state index in [-0.39, 0.29) is 0 Å². The Morgan fingerprint density at radius 2 is 2.00 bits per heavy atom. The molecular formula is C5H12O2S. The van der Waals surface area contributed by atoms with Gasteiger partial charge in [-0.1, -0.05) is 20.3 Å². The molecule has 0 saturated carbocycles. The van der Waals surface area contributed by atoms with Crippen molar-refractivity contribution < 1.29 is 8.42 Å². The van der Waals surface area contributed by atoms with E-state index in [1.54, 1.807) is 0 Å². The lowest BCUT2D eigenvalue weighted by Gasteiger charge is -1.98. The molecule has 2 nitrogen and oxygen atoms in total. The molecule has 0 N–H and O–H groups in total. The summed E-state index contributed by atoms with van der Waals surface area (Å²) in [6.45, 7) is 3.93. The first kappa shape index (κ1) is 7.95. The van der Waals surface area contributed by atoms with Gasteiger partial charge < -0.3 is 0 Å². The summed E-state index contributed by atoms with van der Waals surface area (Å²) in [4.78, 5) is 0. The Labute approximate surface area is 51.9 Å². The normalized spacial score (nSPS) is 14.4. The lowest BCUT2D eigenvalue weighted by molar-refractivity contribution is 0.580. The van der Waals surface area contributed by atoms with Crippen LogP contribution in [0.25, 0.3) is 0 Å². The maximum Gasteiger partial charge on any atom is 0.140 e. The van der Waals surface area contributed by atoms with Crippen molar-refractivity contribution in [2.45, 2.75) is 20.3 Å². The summed E-state index contributed by atoms with van der Waals surface area (Å²) in [5, 5.41) is 0. The van der Waals surface area contributed by atoms with Crippen LogP contribution >= 0.6 is 0 Å². The second-order valence-electron chi connectivity index (χ2n) is 2.03. The molecular weight excluding hydrogens is 124 g/mol. The van der Waals surface area contributed by atoms with E-state index in [9.17, 15) is 8.42 Å². The van der Waals surface area contributed by atoms with Gasteiger partial charge in [-0.15, -0.1) is 0 Å². The highest BCUT2D eigenvalue weighted by molar-refractivity contribution is 7.72. The molecule has 0 unspecified atom stereocenters. The van der Waals surface area contributed by atoms with Gasteiger partial charge >= 0.3 is 0 Å². The van der Waals surface area contributed by atoms with Gasteiger partial charge in [-0.05, 0) is 5.92 Å². The molecule has 0 saturated heterocycles. The minimum atomic E-state index is -2.15. The molecule has 3 heteroatoms. The molecule has 0 aromatic heterocycles. The number of hydrogen-bond donors (Lipinski definition) is 1. The van der Waals surface area contributed by atoms with Crippen molar-refractivity contribution >= 4 is 10.7 Å². The van der Waals surface area contributed by atoms with E-state index in [1.807, 2.05) is 13.8 Å². The van der Waals surface area contributed by atoms with Crippen molar-refractivity contribution in [3.8, 4) is 0 Å². The lowest BCUT2D eigenvalue weighted by atomic mass is 10.2. The molecule has 50 valence electrons. The van der Waals surface area contributed by atoms with Crippen LogP contribution in [0.1, 0.15) is 20.3 Å². The van der Waals surface area contributed by atoms with Crippen molar-refractivity contribution in [3.63, 3.8) is 0 Å². The third-order valence-corrected chi connectivity index (χ3v) is 2.08. The molecule has 0 amide bonds. The smallest absolute Gasteiger partial charge is 0.140 e. The Morgan fingerprint density at radius 3 is 2.12 bits per heavy atom. The van der Waals surface area contributed by atoms with E-state index in [2.05, 4.69) is 0 Å². The van der Waals surface area contributed by atoms with Crippen molar-refractivity contribution in [1.82, 2.24) is 0 Å². The first-order valence-electron chi connectivity index (χ1n) is 2.78. The van der Waals surface area contributed by atoms with Gasteiger partial charge in [-0.25, -0.2) is 8.42 Å². The van der Waals surface area contributed by atoms with Crippen LogP contribution in [0.2, 0.25) is 0 Å². The Hall–Kier alpha value is -0.0500. The molecule has 0 spiro atoms. The summed E-state index contributed by atoms with van der Waals surface area (Å²) in [6, 6.07) is 0. The van der Waals surface area contributed by atoms with Gasteiger partial charge in [0, 0.05) is 0 Å². The molecule has 0 rings (SSSR count). The van der Waals surface area contributed by atoms with Gasteiger partial charge in [0.2, 0.25) is 0 Å². The van der Waals surface area contributed by atoms with Crippen LogP contribution in [-0.2, 0) is 10.7 Å². The average Bonchev–Trinajstić information content (AvgIpc) is 1.65. The van der Waals surface area contributed by atoms with Gasteiger partial charge in [-0.3, -0.25) is 0 Å². The molecule has 0 aromatic carbocycles. The van der Waals surface area contributed by atoms with Crippen LogP contribution in [0.5, 0.6) is 0 Å². The fourth-order valence-electron chi connectivity index (χ4n) is 0.384. The quantitative estimate of drug-likeness (QED) is 0.578. The molecule has 1 atom stereocenters. The van der Waals surface area contributed by atoms with Gasteiger partial charge in [-0.2, -0.15) is 0 Å². The van der Waals surface area contributed by atoms with E-state index < -0.39 is 10.7 Å². The SMILES string of the molecule is CC[C@H](C)C[SH](=O)=O. The van der Waals surface area contributed by atoms with Gasteiger partial charge in [0.15, 0.2) is 0 Å². The molecule has 8 heavy (non-hydrogen) atoms. The zero-order valence-corrected chi connectivity index (χ0v) is 6.15. The molecule has 0 heterocycles. The van der Waals surface area contributed by atoms with Crippen LogP contribution < -0.4 is 0 Å². The fraction of sp³-hybridized carbons (Fsp3) is 1.00. The van der Waals surface area contributed by atoms with E-state index in [0.29, 0.717) is 11.7 Å². The molecule has 0 aromatic rings. The maximum atomic E-state index is 10.0. The van der Waals surface area contributed by atoms with Crippen molar-refractivity contribution in [2.75, 3.05) is 5.75 Å². The van der Waals surface area contributed by atoms with E-state index >= 15 is 0 Å². The second kappa shape index (κ2) is 3.89. The first-order valence-corrected chi connectivity index (χ1v) is 4.15. The van der Waals surface area contributed by atoms with Crippen molar-refractivity contribution in [2.24, 2.45) is 5.92 Å². The maximum absolute atomic E-state index is 10.0. The predicted molar refractivity (Wildman–Crippen MR) is 34.6 cm³/mol. The van der Waals surface area contributed by atoms with Crippen LogP contribution in [0.15, 0.2) is 0 Å². The molecule has 0 radical (unpaired) electrons. The largest absolute Gasteiger partial charge is 0.232 e. The highest BCUT2D eigenvalue weighted by Gasteiger charge is 1.97. The summed E-state index contributed by atoms with van der Waals surface area (Å²) < 4.78 is 20.0. The Balaban J connectivity index is 3.39. The Morgan fingerprint density at radius 1 is 1.50 bits per heavy atom. The highest BCUT2D eigenvalue weighted by Crippen LogP contribution is 1.98. The summed E-state index contributed by atoms with van der Waals surface area (Å²) >= 11 is 0. The number of thiol groups is 1. The van der Waals surface area contributed by atoms with Gasteiger partial charge in [0.05, 0.1) is 5.75 Å². The number of hydrogen-bond acceptors (Lipinski definition) is 2. The molecule has 0 aliphatic carbocycles. The second-order valence-corrected chi connectivity index (χ2v) is 3.06. The fourth-order valence-corrected chi connectivity index (χ4v) is 1.15. The number of rotatable bonds is 3. The van der Waals surface area contributed by atoms with Crippen molar-refractivity contribution in [1.29, 1.82) is 0 Å². The zero-order valence-electron chi connectivity index (χ0n) is 5.26. The van der Waals surface area contributed by atoms with Crippen LogP contribution in [0, 0.1) is 5.92 Å². The van der Waals surface area contributed by atoms with E-state index in [1.165, 1.54) is 0 Å². The zero-order chi connectivity index (χ0) is 6.57. The topological polar surface area (TPSA) is 34.1 Å².